The van der Waals surface area contributed by atoms with E-state index >= 15 is 0 Å². The molecule has 0 saturated heterocycles. The molecule has 80 valence electrons. The minimum absolute atomic E-state index is 0.243. The van der Waals surface area contributed by atoms with E-state index in [4.69, 9.17) is 26.7 Å². The van der Waals surface area contributed by atoms with Crippen molar-refractivity contribution in [2.24, 2.45) is 0 Å². The van der Waals surface area contributed by atoms with Gasteiger partial charge in [-0.2, -0.15) is 0 Å². The number of fused-ring (bicyclic) bond motifs is 1. The minimum atomic E-state index is -3.87. The Balaban J connectivity index is 2.94. The van der Waals surface area contributed by atoms with Crippen molar-refractivity contribution < 1.29 is 12.8 Å². The van der Waals surface area contributed by atoms with Gasteiger partial charge in [0.2, 0.25) is 5.09 Å². The molecule has 0 aliphatic heterocycles. The van der Waals surface area contributed by atoms with Crippen molar-refractivity contribution in [3.05, 3.63) is 28.8 Å². The maximum atomic E-state index is 11.2. The second kappa shape index (κ2) is 3.40. The average Bonchev–Trinajstić information content (AvgIpc) is 2.44. The maximum Gasteiger partial charge on any atom is 0.294 e. The summed E-state index contributed by atoms with van der Waals surface area (Å²) in [6.07, 6.45) is 0. The van der Waals surface area contributed by atoms with Crippen LogP contribution in [0.1, 0.15) is 5.56 Å². The Morgan fingerprint density at radius 3 is 2.53 bits per heavy atom. The summed E-state index contributed by atoms with van der Waals surface area (Å²) >= 11 is 5.93. The van der Waals surface area contributed by atoms with E-state index in [-0.39, 0.29) is 5.09 Å². The minimum Gasteiger partial charge on any atom is -0.443 e. The second-order valence-corrected chi connectivity index (χ2v) is 5.94. The molecule has 2 rings (SSSR count). The lowest BCUT2D eigenvalue weighted by Crippen LogP contribution is -1.89. The molecule has 1 aromatic heterocycles. The van der Waals surface area contributed by atoms with Crippen molar-refractivity contribution in [3.63, 3.8) is 0 Å². The molecule has 0 atom stereocenters. The Kier molecular flexibility index (Phi) is 2.45. The number of hydrogen-bond donors (Lipinski definition) is 0. The van der Waals surface area contributed by atoms with Crippen molar-refractivity contribution in [2.75, 3.05) is 0 Å². The topological polar surface area (TPSA) is 47.3 Å². The number of halogens is 2. The molecule has 0 radical (unpaired) electrons. The first-order chi connectivity index (χ1) is 6.91. The van der Waals surface area contributed by atoms with Crippen LogP contribution in [0, 0.1) is 6.92 Å². The van der Waals surface area contributed by atoms with E-state index in [0.29, 0.717) is 21.6 Å². The summed E-state index contributed by atoms with van der Waals surface area (Å²) < 4.78 is 27.5. The Hall–Kier alpha value is -0.710. The monoisotopic (exact) mass is 264 g/mol. The third kappa shape index (κ3) is 1.73. The van der Waals surface area contributed by atoms with E-state index in [2.05, 4.69) is 0 Å². The highest BCUT2D eigenvalue weighted by atomic mass is 35.7. The standard InChI is InChI=1S/C9H6Cl2O3S/c1-5-8-6(10)3-2-4-7(8)14-9(5)15(11,12)13/h2-4H,1H3. The van der Waals surface area contributed by atoms with Crippen LogP contribution in [-0.4, -0.2) is 8.42 Å². The van der Waals surface area contributed by atoms with Gasteiger partial charge in [-0.1, -0.05) is 17.7 Å². The first-order valence-electron chi connectivity index (χ1n) is 4.03. The summed E-state index contributed by atoms with van der Waals surface area (Å²) in [5.74, 6) is 0. The van der Waals surface area contributed by atoms with Crippen molar-refractivity contribution >= 4 is 42.3 Å². The molecule has 0 saturated carbocycles. The molecule has 1 aromatic carbocycles. The molecule has 0 fully saturated rings. The molecule has 6 heteroatoms. The van der Waals surface area contributed by atoms with Crippen molar-refractivity contribution in [1.29, 1.82) is 0 Å². The predicted molar refractivity (Wildman–Crippen MR) is 59.0 cm³/mol. The quantitative estimate of drug-likeness (QED) is 0.743. The van der Waals surface area contributed by atoms with Crippen LogP contribution < -0.4 is 0 Å². The van der Waals surface area contributed by atoms with Gasteiger partial charge in [-0.05, 0) is 19.1 Å². The van der Waals surface area contributed by atoms with Gasteiger partial charge in [0.15, 0.2) is 0 Å². The lowest BCUT2D eigenvalue weighted by Gasteiger charge is -1.92. The summed E-state index contributed by atoms with van der Waals surface area (Å²) in [7, 11) is 1.36. The Morgan fingerprint density at radius 1 is 1.33 bits per heavy atom. The summed E-state index contributed by atoms with van der Waals surface area (Å²) in [4.78, 5) is 0. The highest BCUT2D eigenvalue weighted by Crippen LogP contribution is 2.34. The van der Waals surface area contributed by atoms with Gasteiger partial charge < -0.3 is 4.42 Å². The van der Waals surface area contributed by atoms with Gasteiger partial charge in [0.25, 0.3) is 9.05 Å². The van der Waals surface area contributed by atoms with E-state index in [1.54, 1.807) is 25.1 Å². The lowest BCUT2D eigenvalue weighted by molar-refractivity contribution is 0.484. The molecule has 0 bridgehead atoms. The normalized spacial score (nSPS) is 12.2. The van der Waals surface area contributed by atoms with E-state index in [1.807, 2.05) is 0 Å². The van der Waals surface area contributed by atoms with Crippen molar-refractivity contribution in [2.45, 2.75) is 12.0 Å². The summed E-state index contributed by atoms with van der Waals surface area (Å²) in [6.45, 7) is 1.60. The summed E-state index contributed by atoms with van der Waals surface area (Å²) in [5.41, 5.74) is 0.852. The Bertz CT molecular complexity index is 628. The Labute approximate surface area is 96.0 Å². The van der Waals surface area contributed by atoms with Gasteiger partial charge in [0, 0.05) is 21.6 Å². The van der Waals surface area contributed by atoms with Gasteiger partial charge in [-0.15, -0.1) is 0 Å². The van der Waals surface area contributed by atoms with E-state index in [1.165, 1.54) is 0 Å². The van der Waals surface area contributed by atoms with Crippen LogP contribution in [0.4, 0.5) is 0 Å². The van der Waals surface area contributed by atoms with Crippen LogP contribution in [-0.2, 0) is 9.05 Å². The number of furan rings is 1. The van der Waals surface area contributed by atoms with Gasteiger partial charge >= 0.3 is 0 Å². The average molecular weight is 265 g/mol. The predicted octanol–water partition coefficient (Wildman–Crippen LogP) is 3.32. The van der Waals surface area contributed by atoms with Crippen molar-refractivity contribution in [3.8, 4) is 0 Å². The third-order valence-corrected chi connectivity index (χ3v) is 3.65. The third-order valence-electron chi connectivity index (χ3n) is 2.08. The fourth-order valence-electron chi connectivity index (χ4n) is 1.46. The molecule has 1 heterocycles. The van der Waals surface area contributed by atoms with Crippen LogP contribution in [0.25, 0.3) is 11.0 Å². The van der Waals surface area contributed by atoms with Gasteiger partial charge in [0.1, 0.15) is 5.58 Å². The zero-order chi connectivity index (χ0) is 11.2. The van der Waals surface area contributed by atoms with Gasteiger partial charge in [-0.3, -0.25) is 0 Å². The van der Waals surface area contributed by atoms with E-state index < -0.39 is 9.05 Å². The zero-order valence-corrected chi connectivity index (χ0v) is 9.95. The molecule has 0 N–H and O–H groups in total. The molecule has 0 aliphatic rings. The van der Waals surface area contributed by atoms with Crippen LogP contribution >= 0.6 is 22.3 Å². The van der Waals surface area contributed by atoms with Gasteiger partial charge in [0.05, 0.1) is 5.02 Å². The SMILES string of the molecule is Cc1c(S(=O)(=O)Cl)oc2cccc(Cl)c12. The number of benzene rings is 1. The number of rotatable bonds is 1. The highest BCUT2D eigenvalue weighted by Gasteiger charge is 2.22. The van der Waals surface area contributed by atoms with E-state index in [0.717, 1.165) is 0 Å². The second-order valence-electron chi connectivity index (χ2n) is 3.07. The highest BCUT2D eigenvalue weighted by molar-refractivity contribution is 8.13. The number of hydrogen-bond acceptors (Lipinski definition) is 3. The van der Waals surface area contributed by atoms with Gasteiger partial charge in [-0.25, -0.2) is 8.42 Å². The molecular formula is C9H6Cl2O3S. The summed E-state index contributed by atoms with van der Waals surface area (Å²) in [5, 5.41) is 0.783. The first-order valence-corrected chi connectivity index (χ1v) is 6.72. The smallest absolute Gasteiger partial charge is 0.294 e. The van der Waals surface area contributed by atoms with Crippen molar-refractivity contribution in [1.82, 2.24) is 0 Å². The van der Waals surface area contributed by atoms with Crippen LogP contribution in [0.5, 0.6) is 0 Å². The number of aryl methyl sites for hydroxylation is 1. The van der Waals surface area contributed by atoms with Crippen LogP contribution in [0.2, 0.25) is 5.02 Å². The van der Waals surface area contributed by atoms with Crippen LogP contribution in [0.3, 0.4) is 0 Å². The fourth-order valence-corrected chi connectivity index (χ4v) is 2.87. The Morgan fingerprint density at radius 2 is 2.00 bits per heavy atom. The lowest BCUT2D eigenvalue weighted by atomic mass is 10.2. The molecule has 0 unspecified atom stereocenters. The van der Waals surface area contributed by atoms with E-state index in [9.17, 15) is 8.42 Å². The largest absolute Gasteiger partial charge is 0.443 e. The zero-order valence-electron chi connectivity index (χ0n) is 7.62. The molecule has 0 aliphatic carbocycles. The first kappa shape index (κ1) is 10.8. The fraction of sp³-hybridized carbons (Fsp3) is 0.111. The molecular weight excluding hydrogens is 259 g/mol. The summed E-state index contributed by atoms with van der Waals surface area (Å²) in [6, 6.07) is 4.98. The van der Waals surface area contributed by atoms with Crippen LogP contribution in [0.15, 0.2) is 27.7 Å². The molecule has 0 amide bonds. The molecule has 2 aromatic rings. The molecule has 15 heavy (non-hydrogen) atoms. The maximum absolute atomic E-state index is 11.2. The molecule has 3 nitrogen and oxygen atoms in total. The molecule has 0 spiro atoms.